The summed E-state index contributed by atoms with van der Waals surface area (Å²) in [6.45, 7) is 8.00. The highest BCUT2D eigenvalue weighted by molar-refractivity contribution is 4.51. The Morgan fingerprint density at radius 2 is 0.545 bits per heavy atom. The first-order valence-electron chi connectivity index (χ1n) is 5.00. The van der Waals surface area contributed by atoms with Crippen LogP contribution < -0.4 is 0 Å². The van der Waals surface area contributed by atoms with Crippen molar-refractivity contribution in [1.82, 2.24) is 0 Å². The Morgan fingerprint density at radius 3 is 0.636 bits per heavy atom. The standard InChI is InChI=1S/C6H12.2C2H6.H2O/c1-2-4-6-5-3-1;2*1-2;/h1-6H2;2*1-2H3;1H2. The van der Waals surface area contributed by atoms with Crippen molar-refractivity contribution in [3.63, 3.8) is 0 Å². The molecule has 0 atom stereocenters. The van der Waals surface area contributed by atoms with Gasteiger partial charge in [0.05, 0.1) is 0 Å². The van der Waals surface area contributed by atoms with Crippen LogP contribution in [0.2, 0.25) is 0 Å². The monoisotopic (exact) mass is 162 g/mol. The Kier molecular flexibility index (Phi) is 35.1. The summed E-state index contributed by atoms with van der Waals surface area (Å²) in [5, 5.41) is 0. The fourth-order valence-electron chi connectivity index (χ4n) is 1.06. The summed E-state index contributed by atoms with van der Waals surface area (Å²) in [4.78, 5) is 0. The van der Waals surface area contributed by atoms with Gasteiger partial charge < -0.3 is 5.48 Å². The lowest BCUT2D eigenvalue weighted by molar-refractivity contribution is 0.504. The molecule has 1 aliphatic rings. The van der Waals surface area contributed by atoms with E-state index in [0.29, 0.717) is 0 Å². The summed E-state index contributed by atoms with van der Waals surface area (Å²) in [6, 6.07) is 0. The Hall–Kier alpha value is -0.0400. The highest BCUT2D eigenvalue weighted by atomic mass is 16.0. The molecule has 0 radical (unpaired) electrons. The first kappa shape index (κ1) is 17.2. The minimum absolute atomic E-state index is 0. The van der Waals surface area contributed by atoms with Crippen molar-refractivity contribution in [2.24, 2.45) is 0 Å². The number of hydrogen-bond donors (Lipinski definition) is 0. The van der Waals surface area contributed by atoms with Gasteiger partial charge in [-0.15, -0.1) is 0 Å². The first-order chi connectivity index (χ1) is 5.00. The third kappa shape index (κ3) is 17.8. The van der Waals surface area contributed by atoms with Crippen LogP contribution in [0.3, 0.4) is 0 Å². The molecule has 1 heteroatoms. The van der Waals surface area contributed by atoms with Gasteiger partial charge in [0, 0.05) is 0 Å². The van der Waals surface area contributed by atoms with Gasteiger partial charge in [0.25, 0.3) is 0 Å². The number of hydrogen-bond acceptors (Lipinski definition) is 0. The summed E-state index contributed by atoms with van der Waals surface area (Å²) in [7, 11) is 0. The molecule has 0 spiro atoms. The summed E-state index contributed by atoms with van der Waals surface area (Å²) in [6.07, 6.45) is 9.00. The van der Waals surface area contributed by atoms with Crippen LogP contribution in [-0.2, 0) is 0 Å². The molecule has 0 amide bonds. The lowest BCUT2D eigenvalue weighted by Gasteiger charge is -2.05. The van der Waals surface area contributed by atoms with Gasteiger partial charge in [-0.25, -0.2) is 0 Å². The van der Waals surface area contributed by atoms with Crippen LogP contribution in [0.1, 0.15) is 66.2 Å². The molecule has 0 bridgehead atoms. The predicted octanol–water partition coefficient (Wildman–Crippen LogP) is 3.57. The van der Waals surface area contributed by atoms with Crippen LogP contribution in [0.25, 0.3) is 0 Å². The third-order valence-electron chi connectivity index (χ3n) is 1.50. The van der Waals surface area contributed by atoms with Crippen molar-refractivity contribution in [1.29, 1.82) is 0 Å². The van der Waals surface area contributed by atoms with Crippen molar-refractivity contribution >= 4 is 0 Å². The molecule has 0 aromatic heterocycles. The van der Waals surface area contributed by atoms with Crippen LogP contribution in [0.15, 0.2) is 0 Å². The van der Waals surface area contributed by atoms with E-state index in [1.54, 1.807) is 0 Å². The molecule has 0 aromatic carbocycles. The molecule has 1 fully saturated rings. The van der Waals surface area contributed by atoms with Crippen molar-refractivity contribution < 1.29 is 5.48 Å². The molecular weight excluding hydrogens is 136 g/mol. The molecule has 0 heterocycles. The van der Waals surface area contributed by atoms with E-state index in [4.69, 9.17) is 0 Å². The molecule has 0 aliphatic heterocycles. The van der Waals surface area contributed by atoms with Crippen LogP contribution in [-0.4, -0.2) is 5.48 Å². The van der Waals surface area contributed by atoms with Crippen molar-refractivity contribution in [3.8, 4) is 0 Å². The first-order valence-corrected chi connectivity index (χ1v) is 5.00. The summed E-state index contributed by atoms with van der Waals surface area (Å²) in [5.41, 5.74) is 0. The van der Waals surface area contributed by atoms with E-state index in [1.165, 1.54) is 38.5 Å². The maximum absolute atomic E-state index is 2.00. The second-order valence-electron chi connectivity index (χ2n) is 2.12. The second kappa shape index (κ2) is 22.5. The molecular formula is C10H26O. The molecule has 72 valence electrons. The van der Waals surface area contributed by atoms with Crippen molar-refractivity contribution in [2.75, 3.05) is 0 Å². The molecule has 2 N–H and O–H groups in total. The van der Waals surface area contributed by atoms with Gasteiger partial charge in [-0.1, -0.05) is 66.2 Å². The van der Waals surface area contributed by atoms with Crippen molar-refractivity contribution in [2.45, 2.75) is 66.2 Å². The molecule has 1 nitrogen and oxygen atoms in total. The van der Waals surface area contributed by atoms with E-state index in [-0.39, 0.29) is 5.48 Å². The predicted molar refractivity (Wildman–Crippen MR) is 54.0 cm³/mol. The molecule has 0 aromatic rings. The van der Waals surface area contributed by atoms with Gasteiger partial charge in [-0.05, 0) is 0 Å². The van der Waals surface area contributed by atoms with E-state index < -0.39 is 0 Å². The Bertz CT molecular complexity index is 20.3. The van der Waals surface area contributed by atoms with E-state index in [1.807, 2.05) is 27.7 Å². The SMILES string of the molecule is C1CCCCC1.CC.CC.O. The zero-order valence-corrected chi connectivity index (χ0v) is 8.74. The average Bonchev–Trinajstić information content (AvgIpc) is 2.14. The second-order valence-corrected chi connectivity index (χ2v) is 2.12. The van der Waals surface area contributed by atoms with Crippen LogP contribution in [0.4, 0.5) is 0 Å². The zero-order valence-electron chi connectivity index (χ0n) is 8.74. The van der Waals surface area contributed by atoms with E-state index >= 15 is 0 Å². The van der Waals surface area contributed by atoms with Gasteiger partial charge in [-0.2, -0.15) is 0 Å². The quantitative estimate of drug-likeness (QED) is 0.521. The molecule has 11 heavy (non-hydrogen) atoms. The van der Waals surface area contributed by atoms with Crippen LogP contribution in [0, 0.1) is 0 Å². The topological polar surface area (TPSA) is 31.5 Å². The molecule has 1 aliphatic carbocycles. The molecule has 1 saturated carbocycles. The highest BCUT2D eigenvalue weighted by Gasteiger charge is 1.95. The normalized spacial score (nSPS) is 14.2. The fraction of sp³-hybridized carbons (Fsp3) is 1.00. The smallest absolute Gasteiger partial charge is 0.0533 e. The zero-order chi connectivity index (χ0) is 8.24. The van der Waals surface area contributed by atoms with Crippen LogP contribution >= 0.6 is 0 Å². The minimum Gasteiger partial charge on any atom is -0.412 e. The lowest BCUT2D eigenvalue weighted by Crippen LogP contribution is -1.85. The maximum Gasteiger partial charge on any atom is -0.0533 e. The number of rotatable bonds is 0. The molecule has 0 unspecified atom stereocenters. The van der Waals surface area contributed by atoms with Gasteiger partial charge >= 0.3 is 0 Å². The van der Waals surface area contributed by atoms with Gasteiger partial charge in [0.1, 0.15) is 0 Å². The third-order valence-corrected chi connectivity index (χ3v) is 1.50. The minimum atomic E-state index is 0. The van der Waals surface area contributed by atoms with Gasteiger partial charge in [0.15, 0.2) is 0 Å². The lowest BCUT2D eigenvalue weighted by atomic mass is 10.0. The largest absolute Gasteiger partial charge is 0.412 e. The Morgan fingerprint density at radius 1 is 0.455 bits per heavy atom. The van der Waals surface area contributed by atoms with E-state index in [0.717, 1.165) is 0 Å². The Labute approximate surface area is 72.5 Å². The van der Waals surface area contributed by atoms with Gasteiger partial charge in [0.2, 0.25) is 0 Å². The van der Waals surface area contributed by atoms with Crippen molar-refractivity contribution in [3.05, 3.63) is 0 Å². The highest BCUT2D eigenvalue weighted by Crippen LogP contribution is 2.15. The van der Waals surface area contributed by atoms with E-state index in [9.17, 15) is 0 Å². The summed E-state index contributed by atoms with van der Waals surface area (Å²) < 4.78 is 0. The Balaban J connectivity index is -0.000000114. The maximum atomic E-state index is 2.00. The van der Waals surface area contributed by atoms with Crippen LogP contribution in [0.5, 0.6) is 0 Å². The summed E-state index contributed by atoms with van der Waals surface area (Å²) in [5.74, 6) is 0. The molecule has 0 saturated heterocycles. The average molecular weight is 162 g/mol. The molecule has 1 rings (SSSR count). The van der Waals surface area contributed by atoms with E-state index in [2.05, 4.69) is 0 Å². The fourth-order valence-corrected chi connectivity index (χ4v) is 1.06. The van der Waals surface area contributed by atoms with Gasteiger partial charge in [-0.3, -0.25) is 0 Å². The summed E-state index contributed by atoms with van der Waals surface area (Å²) >= 11 is 0.